The predicted octanol–water partition coefficient (Wildman–Crippen LogP) is 3.90. The van der Waals surface area contributed by atoms with Gasteiger partial charge in [-0.15, -0.1) is 0 Å². The number of urea groups is 1. The topological polar surface area (TPSA) is 111 Å². The lowest BCUT2D eigenvalue weighted by atomic mass is 9.89. The van der Waals surface area contributed by atoms with Crippen molar-refractivity contribution in [2.45, 2.75) is 32.1 Å². The quantitative estimate of drug-likeness (QED) is 0.648. The SMILES string of the molecule is Cn1cc(-c2cc(Oc3ccc(NC(=O)NC(=O)C4CCCCC4)nc3)ccn2)cn1. The van der Waals surface area contributed by atoms with Crippen molar-refractivity contribution in [1.29, 1.82) is 0 Å². The molecule has 3 heterocycles. The summed E-state index contributed by atoms with van der Waals surface area (Å²) in [5, 5.41) is 9.13. The number of rotatable bonds is 5. The van der Waals surface area contributed by atoms with E-state index in [1.54, 1.807) is 35.3 Å². The number of nitrogens with zero attached hydrogens (tertiary/aromatic N) is 4. The predicted molar refractivity (Wildman–Crippen MR) is 114 cm³/mol. The average molecular weight is 420 g/mol. The van der Waals surface area contributed by atoms with Crippen LogP contribution >= 0.6 is 0 Å². The number of nitrogens with one attached hydrogen (secondary N) is 2. The summed E-state index contributed by atoms with van der Waals surface area (Å²) < 4.78 is 7.55. The lowest BCUT2D eigenvalue weighted by molar-refractivity contribution is -0.124. The lowest BCUT2D eigenvalue weighted by Crippen LogP contribution is -2.39. The Labute approximate surface area is 179 Å². The number of ether oxygens (including phenoxy) is 1. The van der Waals surface area contributed by atoms with Gasteiger partial charge >= 0.3 is 6.03 Å². The molecular formula is C22H24N6O3. The zero-order valence-corrected chi connectivity index (χ0v) is 17.2. The van der Waals surface area contributed by atoms with Crippen LogP contribution in [0.5, 0.6) is 11.5 Å². The standard InChI is InChI=1S/C22H24N6O3/c1-28-14-16(12-25-28)19-11-17(9-10-23-19)31-18-7-8-20(24-13-18)26-22(30)27-21(29)15-5-3-2-4-6-15/h7-15H,2-6H2,1H3,(H2,24,26,27,29,30). The van der Waals surface area contributed by atoms with E-state index in [0.29, 0.717) is 17.3 Å². The summed E-state index contributed by atoms with van der Waals surface area (Å²) in [7, 11) is 1.84. The van der Waals surface area contributed by atoms with E-state index in [0.717, 1.165) is 43.4 Å². The van der Waals surface area contributed by atoms with E-state index in [2.05, 4.69) is 25.7 Å². The molecule has 0 spiro atoms. The van der Waals surface area contributed by atoms with Gasteiger partial charge in [-0.2, -0.15) is 5.10 Å². The van der Waals surface area contributed by atoms with Crippen LogP contribution in [-0.4, -0.2) is 31.7 Å². The van der Waals surface area contributed by atoms with Gasteiger partial charge in [-0.1, -0.05) is 19.3 Å². The van der Waals surface area contributed by atoms with E-state index in [-0.39, 0.29) is 11.8 Å². The summed E-state index contributed by atoms with van der Waals surface area (Å²) in [6.45, 7) is 0. The first-order chi connectivity index (χ1) is 15.1. The van der Waals surface area contributed by atoms with E-state index in [9.17, 15) is 9.59 Å². The second-order valence-electron chi connectivity index (χ2n) is 7.54. The Morgan fingerprint density at radius 3 is 2.61 bits per heavy atom. The van der Waals surface area contributed by atoms with Gasteiger partial charge in [0.2, 0.25) is 5.91 Å². The summed E-state index contributed by atoms with van der Waals surface area (Å²) in [5.41, 5.74) is 1.63. The third-order valence-corrected chi connectivity index (χ3v) is 5.16. The molecular weight excluding hydrogens is 396 g/mol. The van der Waals surface area contributed by atoms with Crippen LogP contribution in [0, 0.1) is 5.92 Å². The summed E-state index contributed by atoms with van der Waals surface area (Å²) in [4.78, 5) is 32.8. The van der Waals surface area contributed by atoms with Gasteiger partial charge in [0.05, 0.1) is 18.1 Å². The number of carbonyl (C=O) groups is 2. The van der Waals surface area contributed by atoms with Crippen molar-refractivity contribution in [3.8, 4) is 22.8 Å². The third-order valence-electron chi connectivity index (χ3n) is 5.16. The first kappa shape index (κ1) is 20.5. The Bertz CT molecular complexity index is 1060. The molecule has 0 bridgehead atoms. The van der Waals surface area contributed by atoms with Gasteiger partial charge in [0.25, 0.3) is 0 Å². The van der Waals surface area contributed by atoms with Gasteiger partial charge < -0.3 is 4.74 Å². The van der Waals surface area contributed by atoms with Crippen molar-refractivity contribution in [3.63, 3.8) is 0 Å². The average Bonchev–Trinajstić information content (AvgIpc) is 3.22. The highest BCUT2D eigenvalue weighted by Crippen LogP contribution is 2.26. The van der Waals surface area contributed by atoms with Crippen molar-refractivity contribution in [2.75, 3.05) is 5.32 Å². The second-order valence-corrected chi connectivity index (χ2v) is 7.54. The fourth-order valence-electron chi connectivity index (χ4n) is 3.56. The molecule has 3 aromatic rings. The molecule has 2 N–H and O–H groups in total. The second kappa shape index (κ2) is 9.38. The highest BCUT2D eigenvalue weighted by molar-refractivity contribution is 6.01. The van der Waals surface area contributed by atoms with Crippen LogP contribution in [0.4, 0.5) is 10.6 Å². The van der Waals surface area contributed by atoms with Crippen molar-refractivity contribution >= 4 is 17.8 Å². The molecule has 9 nitrogen and oxygen atoms in total. The number of aryl methyl sites for hydroxylation is 1. The Morgan fingerprint density at radius 2 is 1.90 bits per heavy atom. The van der Waals surface area contributed by atoms with Gasteiger partial charge in [0, 0.05) is 37.0 Å². The fraction of sp³-hybridized carbons (Fsp3) is 0.318. The maximum Gasteiger partial charge on any atom is 0.327 e. The monoisotopic (exact) mass is 420 g/mol. The van der Waals surface area contributed by atoms with Gasteiger partial charge in [-0.25, -0.2) is 9.78 Å². The number of pyridine rings is 2. The molecule has 0 radical (unpaired) electrons. The minimum absolute atomic E-state index is 0.0832. The molecule has 3 amide bonds. The number of imide groups is 1. The van der Waals surface area contributed by atoms with Crippen molar-refractivity contribution in [1.82, 2.24) is 25.1 Å². The molecule has 0 aromatic carbocycles. The van der Waals surface area contributed by atoms with Crippen molar-refractivity contribution in [2.24, 2.45) is 13.0 Å². The molecule has 1 saturated carbocycles. The first-order valence-electron chi connectivity index (χ1n) is 10.3. The van der Waals surface area contributed by atoms with E-state index >= 15 is 0 Å². The maximum absolute atomic E-state index is 12.2. The number of aromatic nitrogens is 4. The van der Waals surface area contributed by atoms with Crippen LogP contribution in [0.1, 0.15) is 32.1 Å². The summed E-state index contributed by atoms with van der Waals surface area (Å²) in [5.74, 6) is 1.13. The van der Waals surface area contributed by atoms with Gasteiger partial charge in [0.15, 0.2) is 0 Å². The van der Waals surface area contributed by atoms with Crippen LogP contribution in [0.15, 0.2) is 49.1 Å². The fourth-order valence-corrected chi connectivity index (χ4v) is 3.56. The van der Waals surface area contributed by atoms with Crippen LogP contribution in [0.2, 0.25) is 0 Å². The first-order valence-corrected chi connectivity index (χ1v) is 10.3. The summed E-state index contributed by atoms with van der Waals surface area (Å²) in [6.07, 6.45) is 11.7. The van der Waals surface area contributed by atoms with Crippen molar-refractivity contribution < 1.29 is 14.3 Å². The molecule has 0 saturated heterocycles. The molecule has 3 aromatic heterocycles. The number of hydrogen-bond donors (Lipinski definition) is 2. The van der Waals surface area contributed by atoms with E-state index in [4.69, 9.17) is 4.74 Å². The van der Waals surface area contributed by atoms with Gasteiger partial charge in [-0.05, 0) is 31.0 Å². The lowest BCUT2D eigenvalue weighted by Gasteiger charge is -2.20. The Balaban J connectivity index is 1.33. The van der Waals surface area contributed by atoms with Gasteiger partial charge in [-0.3, -0.25) is 25.1 Å². The number of hydrogen-bond acceptors (Lipinski definition) is 6. The molecule has 1 aliphatic carbocycles. The van der Waals surface area contributed by atoms with Crippen LogP contribution in [0.3, 0.4) is 0 Å². The number of amides is 3. The summed E-state index contributed by atoms with van der Waals surface area (Å²) >= 11 is 0. The number of anilines is 1. The minimum atomic E-state index is -0.577. The molecule has 0 unspecified atom stereocenters. The Kier molecular flexibility index (Phi) is 6.21. The molecule has 4 rings (SSSR count). The molecule has 0 atom stereocenters. The van der Waals surface area contributed by atoms with Crippen molar-refractivity contribution in [3.05, 3.63) is 49.1 Å². The molecule has 160 valence electrons. The zero-order chi connectivity index (χ0) is 21.6. The number of carbonyl (C=O) groups excluding carboxylic acids is 2. The van der Waals surface area contributed by atoms with E-state index < -0.39 is 6.03 Å². The Hall–Kier alpha value is -3.75. The molecule has 1 fully saturated rings. The van der Waals surface area contributed by atoms with Crippen LogP contribution in [-0.2, 0) is 11.8 Å². The highest BCUT2D eigenvalue weighted by atomic mass is 16.5. The minimum Gasteiger partial charge on any atom is -0.456 e. The van der Waals surface area contributed by atoms with E-state index in [1.807, 2.05) is 19.3 Å². The molecule has 0 aliphatic heterocycles. The van der Waals surface area contributed by atoms with Crippen LogP contribution < -0.4 is 15.4 Å². The molecule has 9 heteroatoms. The smallest absolute Gasteiger partial charge is 0.327 e. The Morgan fingerprint density at radius 1 is 1.06 bits per heavy atom. The normalized spacial score (nSPS) is 14.1. The maximum atomic E-state index is 12.2. The van der Waals surface area contributed by atoms with Gasteiger partial charge in [0.1, 0.15) is 17.3 Å². The summed E-state index contributed by atoms with van der Waals surface area (Å²) in [6, 6.07) is 6.29. The third kappa shape index (κ3) is 5.44. The molecule has 1 aliphatic rings. The molecule has 31 heavy (non-hydrogen) atoms. The largest absolute Gasteiger partial charge is 0.456 e. The zero-order valence-electron chi connectivity index (χ0n) is 17.2. The highest BCUT2D eigenvalue weighted by Gasteiger charge is 2.22. The van der Waals surface area contributed by atoms with Crippen LogP contribution in [0.25, 0.3) is 11.3 Å². The van der Waals surface area contributed by atoms with E-state index in [1.165, 1.54) is 6.20 Å².